The Morgan fingerprint density at radius 3 is 2.88 bits per heavy atom. The van der Waals surface area contributed by atoms with Gasteiger partial charge in [-0.1, -0.05) is 24.3 Å². The van der Waals surface area contributed by atoms with Gasteiger partial charge in [0, 0.05) is 30.6 Å². The van der Waals surface area contributed by atoms with Crippen LogP contribution in [-0.4, -0.2) is 47.9 Å². The molecule has 2 aromatic rings. The summed E-state index contributed by atoms with van der Waals surface area (Å²) in [5.41, 5.74) is 0.534. The summed E-state index contributed by atoms with van der Waals surface area (Å²) in [7, 11) is 0. The molecule has 1 aromatic carbocycles. The Kier molecular flexibility index (Phi) is 3.98. The third-order valence-electron chi connectivity index (χ3n) is 5.19. The first-order chi connectivity index (χ1) is 11.7. The molecule has 0 radical (unpaired) electrons. The van der Waals surface area contributed by atoms with E-state index in [0.29, 0.717) is 25.5 Å². The topological polar surface area (TPSA) is 51.7 Å². The fourth-order valence-corrected chi connectivity index (χ4v) is 3.80. The van der Waals surface area contributed by atoms with E-state index in [4.69, 9.17) is 9.47 Å². The highest BCUT2D eigenvalue weighted by Gasteiger charge is 2.42. The van der Waals surface area contributed by atoms with Gasteiger partial charge in [-0.3, -0.25) is 9.78 Å². The van der Waals surface area contributed by atoms with Gasteiger partial charge in [-0.05, 0) is 31.2 Å². The van der Waals surface area contributed by atoms with Crippen LogP contribution in [-0.2, 0) is 9.47 Å². The number of carbonyl (C=O) groups is 1. The zero-order valence-corrected chi connectivity index (χ0v) is 13.9. The lowest BCUT2D eigenvalue weighted by molar-refractivity contribution is -0.189. The van der Waals surface area contributed by atoms with Gasteiger partial charge in [-0.2, -0.15) is 0 Å². The number of carbonyl (C=O) groups excluding carboxylic acids is 1. The maximum atomic E-state index is 13.1. The summed E-state index contributed by atoms with van der Waals surface area (Å²) in [6, 6.07) is 9.83. The van der Waals surface area contributed by atoms with Gasteiger partial charge in [0.15, 0.2) is 5.79 Å². The molecule has 0 spiro atoms. The standard InChI is InChI=1S/C19H22N2O3/c1-19(23-11-12-24-19)15-6-4-10-21(13-15)18(22)17-16-7-3-2-5-14(16)8-9-20-17/h2-3,5,7-9,15H,4,6,10-13H2,1H3/t15-/m0/s1. The number of nitrogens with zero attached hydrogens (tertiary/aromatic N) is 2. The number of aromatic nitrogens is 1. The average molecular weight is 326 g/mol. The van der Waals surface area contributed by atoms with Gasteiger partial charge < -0.3 is 14.4 Å². The number of hydrogen-bond acceptors (Lipinski definition) is 4. The lowest BCUT2D eigenvalue weighted by Gasteiger charge is -2.39. The SMILES string of the molecule is CC1([C@H]2CCCN(C(=O)c3nccc4ccccc34)C2)OCCO1. The number of piperidine rings is 1. The zero-order valence-electron chi connectivity index (χ0n) is 13.9. The minimum Gasteiger partial charge on any atom is -0.347 e. The van der Waals surface area contributed by atoms with Crippen LogP contribution in [0.15, 0.2) is 36.5 Å². The van der Waals surface area contributed by atoms with Crippen molar-refractivity contribution in [2.75, 3.05) is 26.3 Å². The first kappa shape index (κ1) is 15.5. The van der Waals surface area contributed by atoms with Gasteiger partial charge in [-0.15, -0.1) is 0 Å². The summed E-state index contributed by atoms with van der Waals surface area (Å²) in [5, 5.41) is 1.95. The minimum absolute atomic E-state index is 0.00176. The molecule has 5 heteroatoms. The van der Waals surface area contributed by atoms with Crippen molar-refractivity contribution in [3.05, 3.63) is 42.2 Å². The molecule has 0 saturated carbocycles. The number of amides is 1. The van der Waals surface area contributed by atoms with Crippen molar-refractivity contribution < 1.29 is 14.3 Å². The summed E-state index contributed by atoms with van der Waals surface area (Å²) in [6.07, 6.45) is 3.69. The molecule has 4 rings (SSSR count). The van der Waals surface area contributed by atoms with Gasteiger partial charge >= 0.3 is 0 Å². The van der Waals surface area contributed by atoms with Crippen LogP contribution in [0, 0.1) is 5.92 Å². The molecule has 2 aliphatic rings. The molecule has 0 N–H and O–H groups in total. The normalized spacial score (nSPS) is 23.5. The van der Waals surface area contributed by atoms with Crippen molar-refractivity contribution in [2.24, 2.45) is 5.92 Å². The second-order valence-corrected chi connectivity index (χ2v) is 6.68. The highest BCUT2D eigenvalue weighted by atomic mass is 16.7. The lowest BCUT2D eigenvalue weighted by Crippen LogP contribution is -2.48. The molecule has 0 bridgehead atoms. The Morgan fingerprint density at radius 1 is 1.25 bits per heavy atom. The van der Waals surface area contributed by atoms with Crippen LogP contribution in [0.2, 0.25) is 0 Å². The van der Waals surface area contributed by atoms with Crippen molar-refractivity contribution in [3.8, 4) is 0 Å². The Hall–Kier alpha value is -1.98. The predicted octanol–water partition coefficient (Wildman–Crippen LogP) is 2.85. The number of likely N-dealkylation sites (tertiary alicyclic amines) is 1. The first-order valence-corrected chi connectivity index (χ1v) is 8.58. The third-order valence-corrected chi connectivity index (χ3v) is 5.19. The molecular formula is C19H22N2O3. The van der Waals surface area contributed by atoms with E-state index in [1.54, 1.807) is 6.20 Å². The maximum Gasteiger partial charge on any atom is 0.273 e. The second-order valence-electron chi connectivity index (χ2n) is 6.68. The molecule has 24 heavy (non-hydrogen) atoms. The second kappa shape index (κ2) is 6.15. The predicted molar refractivity (Wildman–Crippen MR) is 90.7 cm³/mol. The summed E-state index contributed by atoms with van der Waals surface area (Å²) in [4.78, 5) is 19.3. The molecule has 3 heterocycles. The summed E-state index contributed by atoms with van der Waals surface area (Å²) in [6.45, 7) is 4.67. The Bertz CT molecular complexity index is 750. The molecule has 0 unspecified atom stereocenters. The minimum atomic E-state index is -0.564. The number of ether oxygens (including phenoxy) is 2. The molecule has 2 saturated heterocycles. The van der Waals surface area contributed by atoms with E-state index in [1.807, 2.05) is 42.2 Å². The van der Waals surface area contributed by atoms with Crippen molar-refractivity contribution in [1.29, 1.82) is 0 Å². The maximum absolute atomic E-state index is 13.1. The fourth-order valence-electron chi connectivity index (χ4n) is 3.80. The molecular weight excluding hydrogens is 304 g/mol. The lowest BCUT2D eigenvalue weighted by atomic mass is 9.90. The van der Waals surface area contributed by atoms with Crippen LogP contribution in [0.25, 0.3) is 10.8 Å². The van der Waals surface area contributed by atoms with Crippen LogP contribution in [0.5, 0.6) is 0 Å². The third kappa shape index (κ3) is 2.68. The van der Waals surface area contributed by atoms with Crippen molar-refractivity contribution in [3.63, 3.8) is 0 Å². The van der Waals surface area contributed by atoms with Crippen LogP contribution >= 0.6 is 0 Å². The van der Waals surface area contributed by atoms with Gasteiger partial charge in [0.2, 0.25) is 0 Å². The Labute approximate surface area is 141 Å². The Balaban J connectivity index is 1.59. The number of hydrogen-bond donors (Lipinski definition) is 0. The van der Waals surface area contributed by atoms with E-state index in [1.165, 1.54) is 0 Å². The number of pyridine rings is 1. The van der Waals surface area contributed by atoms with Crippen LogP contribution in [0.3, 0.4) is 0 Å². The molecule has 2 aliphatic heterocycles. The molecule has 1 atom stereocenters. The van der Waals surface area contributed by atoms with Crippen molar-refractivity contribution >= 4 is 16.7 Å². The fraction of sp³-hybridized carbons (Fsp3) is 0.474. The van der Waals surface area contributed by atoms with Gasteiger partial charge in [0.1, 0.15) is 5.69 Å². The van der Waals surface area contributed by atoms with E-state index in [9.17, 15) is 4.79 Å². The first-order valence-electron chi connectivity index (χ1n) is 8.58. The molecule has 1 aromatic heterocycles. The van der Waals surface area contributed by atoms with Crippen LogP contribution in [0.1, 0.15) is 30.3 Å². The summed E-state index contributed by atoms with van der Waals surface area (Å²) < 4.78 is 11.6. The number of rotatable bonds is 2. The molecule has 126 valence electrons. The van der Waals surface area contributed by atoms with Crippen molar-refractivity contribution in [2.45, 2.75) is 25.6 Å². The monoisotopic (exact) mass is 326 g/mol. The van der Waals surface area contributed by atoms with E-state index >= 15 is 0 Å². The van der Waals surface area contributed by atoms with E-state index in [0.717, 1.165) is 30.2 Å². The summed E-state index contributed by atoms with van der Waals surface area (Å²) in [5.74, 6) is -0.365. The van der Waals surface area contributed by atoms with E-state index < -0.39 is 5.79 Å². The molecule has 1 amide bonds. The molecule has 5 nitrogen and oxygen atoms in total. The van der Waals surface area contributed by atoms with Crippen LogP contribution in [0.4, 0.5) is 0 Å². The average Bonchev–Trinajstić information content (AvgIpc) is 3.09. The van der Waals surface area contributed by atoms with Crippen molar-refractivity contribution in [1.82, 2.24) is 9.88 Å². The smallest absolute Gasteiger partial charge is 0.273 e. The number of fused-ring (bicyclic) bond motifs is 1. The summed E-state index contributed by atoms with van der Waals surface area (Å²) >= 11 is 0. The highest BCUT2D eigenvalue weighted by molar-refractivity contribution is 6.05. The van der Waals surface area contributed by atoms with Crippen LogP contribution < -0.4 is 0 Å². The Morgan fingerprint density at radius 2 is 2.04 bits per heavy atom. The van der Waals surface area contributed by atoms with E-state index in [-0.39, 0.29) is 11.8 Å². The quantitative estimate of drug-likeness (QED) is 0.851. The zero-order chi connectivity index (χ0) is 16.6. The molecule has 0 aliphatic carbocycles. The largest absolute Gasteiger partial charge is 0.347 e. The number of benzene rings is 1. The van der Waals surface area contributed by atoms with Gasteiger partial charge in [0.25, 0.3) is 5.91 Å². The molecule has 2 fully saturated rings. The van der Waals surface area contributed by atoms with E-state index in [2.05, 4.69) is 4.98 Å². The van der Waals surface area contributed by atoms with Gasteiger partial charge in [0.05, 0.1) is 13.2 Å². The highest BCUT2D eigenvalue weighted by Crippen LogP contribution is 2.34. The van der Waals surface area contributed by atoms with Gasteiger partial charge in [-0.25, -0.2) is 0 Å².